The van der Waals surface area contributed by atoms with Gasteiger partial charge in [0.1, 0.15) is 11.3 Å². The third-order valence-electron chi connectivity index (χ3n) is 5.28. The summed E-state index contributed by atoms with van der Waals surface area (Å²) < 4.78 is 5.17. The van der Waals surface area contributed by atoms with E-state index in [4.69, 9.17) is 4.52 Å². The van der Waals surface area contributed by atoms with Gasteiger partial charge in [-0.2, -0.15) is 0 Å². The van der Waals surface area contributed by atoms with Crippen molar-refractivity contribution in [3.8, 4) is 0 Å². The van der Waals surface area contributed by atoms with Gasteiger partial charge in [-0.1, -0.05) is 29.4 Å². The summed E-state index contributed by atoms with van der Waals surface area (Å²) in [7, 11) is 0. The smallest absolute Gasteiger partial charge is 0.259 e. The van der Waals surface area contributed by atoms with Crippen LogP contribution in [0.25, 0.3) is 10.9 Å². The molecule has 1 atom stereocenters. The Morgan fingerprint density at radius 1 is 1.27 bits per heavy atom. The van der Waals surface area contributed by atoms with Gasteiger partial charge >= 0.3 is 0 Å². The first-order chi connectivity index (χ1) is 12.6. The highest BCUT2D eigenvalue weighted by Crippen LogP contribution is 2.26. The van der Waals surface area contributed by atoms with E-state index >= 15 is 0 Å². The molecule has 5 heteroatoms. The van der Waals surface area contributed by atoms with Crippen LogP contribution in [0.2, 0.25) is 0 Å². The first-order valence-electron chi connectivity index (χ1n) is 9.18. The molecule has 0 radical (unpaired) electrons. The molecule has 0 aliphatic carbocycles. The van der Waals surface area contributed by atoms with Crippen LogP contribution in [0.1, 0.15) is 40.2 Å². The van der Waals surface area contributed by atoms with E-state index in [1.807, 2.05) is 24.1 Å². The number of hydrogen-bond acceptors (Lipinski definition) is 4. The normalized spacial score (nSPS) is 17.6. The zero-order valence-corrected chi connectivity index (χ0v) is 15.2. The molecule has 0 unspecified atom stereocenters. The Morgan fingerprint density at radius 2 is 2.12 bits per heavy atom. The maximum atomic E-state index is 12.9. The molecule has 1 fully saturated rings. The number of piperidine rings is 1. The summed E-state index contributed by atoms with van der Waals surface area (Å²) in [5.41, 5.74) is 3.63. The van der Waals surface area contributed by atoms with Crippen LogP contribution in [0.3, 0.4) is 0 Å². The van der Waals surface area contributed by atoms with Gasteiger partial charge in [-0.25, -0.2) is 0 Å². The van der Waals surface area contributed by atoms with Gasteiger partial charge in [0.25, 0.3) is 5.91 Å². The number of hydrogen-bond donors (Lipinski definition) is 0. The number of aryl methyl sites for hydroxylation is 2. The SMILES string of the molecule is Cc1noc(C)c1C(=O)N1CCC[C@H](Cc2cccc3cccnc23)C1. The molecule has 0 saturated carbocycles. The number of fused-ring (bicyclic) bond motifs is 1. The summed E-state index contributed by atoms with van der Waals surface area (Å²) in [5.74, 6) is 1.09. The summed E-state index contributed by atoms with van der Waals surface area (Å²) in [4.78, 5) is 19.4. The van der Waals surface area contributed by atoms with E-state index in [-0.39, 0.29) is 5.91 Å². The molecule has 3 heterocycles. The monoisotopic (exact) mass is 349 g/mol. The average molecular weight is 349 g/mol. The van der Waals surface area contributed by atoms with E-state index in [2.05, 4.69) is 34.4 Å². The van der Waals surface area contributed by atoms with Gasteiger partial charge in [0.2, 0.25) is 0 Å². The molecular weight excluding hydrogens is 326 g/mol. The zero-order valence-electron chi connectivity index (χ0n) is 15.2. The highest BCUT2D eigenvalue weighted by molar-refractivity contribution is 5.96. The minimum Gasteiger partial charge on any atom is -0.361 e. The molecule has 1 amide bonds. The standard InChI is InChI=1S/C21H23N3O2/c1-14-19(15(2)26-23-14)21(25)24-11-5-6-16(13-24)12-18-8-3-7-17-9-4-10-22-20(17)18/h3-4,7-10,16H,5-6,11-13H2,1-2H3/t16-/m1/s1. The van der Waals surface area contributed by atoms with Gasteiger partial charge in [-0.15, -0.1) is 0 Å². The number of likely N-dealkylation sites (tertiary alicyclic amines) is 1. The molecule has 134 valence electrons. The minimum absolute atomic E-state index is 0.0435. The summed E-state index contributed by atoms with van der Waals surface area (Å²) in [6.07, 6.45) is 4.95. The van der Waals surface area contributed by atoms with E-state index in [0.29, 0.717) is 22.9 Å². The van der Waals surface area contributed by atoms with E-state index < -0.39 is 0 Å². The van der Waals surface area contributed by atoms with Crippen molar-refractivity contribution >= 4 is 16.8 Å². The van der Waals surface area contributed by atoms with Crippen LogP contribution < -0.4 is 0 Å². The molecule has 4 rings (SSSR count). The second kappa shape index (κ2) is 6.90. The predicted octanol–water partition coefficient (Wildman–Crippen LogP) is 3.93. The fraction of sp³-hybridized carbons (Fsp3) is 0.381. The molecule has 0 spiro atoms. The van der Waals surface area contributed by atoms with Gasteiger partial charge in [0.05, 0.1) is 11.2 Å². The van der Waals surface area contributed by atoms with Crippen LogP contribution in [0.15, 0.2) is 41.1 Å². The second-order valence-corrected chi connectivity index (χ2v) is 7.15. The van der Waals surface area contributed by atoms with Crippen LogP contribution in [0.4, 0.5) is 0 Å². The molecule has 26 heavy (non-hydrogen) atoms. The molecule has 5 nitrogen and oxygen atoms in total. The largest absolute Gasteiger partial charge is 0.361 e. The summed E-state index contributed by atoms with van der Waals surface area (Å²) in [6.45, 7) is 5.20. The molecule has 0 bridgehead atoms. The van der Waals surface area contributed by atoms with Crippen molar-refractivity contribution < 1.29 is 9.32 Å². The second-order valence-electron chi connectivity index (χ2n) is 7.15. The van der Waals surface area contributed by atoms with Gasteiger partial charge in [0.15, 0.2) is 0 Å². The number of para-hydroxylation sites is 1. The fourth-order valence-electron chi connectivity index (χ4n) is 4.01. The van der Waals surface area contributed by atoms with Crippen LogP contribution in [-0.4, -0.2) is 34.0 Å². The summed E-state index contributed by atoms with van der Waals surface area (Å²) in [6, 6.07) is 10.4. The molecule has 1 aromatic carbocycles. The lowest BCUT2D eigenvalue weighted by Gasteiger charge is -2.33. The van der Waals surface area contributed by atoms with E-state index in [9.17, 15) is 4.79 Å². The van der Waals surface area contributed by atoms with E-state index in [0.717, 1.165) is 37.9 Å². The van der Waals surface area contributed by atoms with Crippen LogP contribution in [-0.2, 0) is 6.42 Å². The van der Waals surface area contributed by atoms with Crippen LogP contribution >= 0.6 is 0 Å². The molecular formula is C21H23N3O2. The van der Waals surface area contributed by atoms with Crippen molar-refractivity contribution in [3.63, 3.8) is 0 Å². The number of aromatic nitrogens is 2. The third-order valence-corrected chi connectivity index (χ3v) is 5.28. The summed E-state index contributed by atoms with van der Waals surface area (Å²) in [5, 5.41) is 5.09. The maximum absolute atomic E-state index is 12.9. The zero-order chi connectivity index (χ0) is 18.1. The van der Waals surface area contributed by atoms with Crippen molar-refractivity contribution in [3.05, 3.63) is 59.1 Å². The number of nitrogens with zero attached hydrogens (tertiary/aromatic N) is 3. The van der Waals surface area contributed by atoms with Crippen LogP contribution in [0, 0.1) is 19.8 Å². The van der Waals surface area contributed by atoms with Crippen molar-refractivity contribution in [1.82, 2.24) is 15.0 Å². The summed E-state index contributed by atoms with van der Waals surface area (Å²) >= 11 is 0. The fourth-order valence-corrected chi connectivity index (χ4v) is 4.01. The number of rotatable bonds is 3. The average Bonchev–Trinajstić information content (AvgIpc) is 3.00. The first kappa shape index (κ1) is 16.8. The quantitative estimate of drug-likeness (QED) is 0.719. The lowest BCUT2D eigenvalue weighted by molar-refractivity contribution is 0.0671. The lowest BCUT2D eigenvalue weighted by atomic mass is 9.90. The van der Waals surface area contributed by atoms with Gasteiger partial charge in [-0.05, 0) is 50.7 Å². The Balaban J connectivity index is 1.53. The highest BCUT2D eigenvalue weighted by Gasteiger charge is 2.28. The van der Waals surface area contributed by atoms with Crippen molar-refractivity contribution in [1.29, 1.82) is 0 Å². The van der Waals surface area contributed by atoms with Crippen molar-refractivity contribution in [2.24, 2.45) is 5.92 Å². The number of carbonyl (C=O) groups excluding carboxylic acids is 1. The molecule has 1 aliphatic heterocycles. The first-order valence-corrected chi connectivity index (χ1v) is 9.18. The highest BCUT2D eigenvalue weighted by atomic mass is 16.5. The van der Waals surface area contributed by atoms with Gasteiger partial charge in [-0.3, -0.25) is 9.78 Å². The molecule has 1 aliphatic rings. The molecule has 0 N–H and O–H groups in total. The molecule has 3 aromatic rings. The van der Waals surface area contributed by atoms with Crippen molar-refractivity contribution in [2.75, 3.05) is 13.1 Å². The number of amides is 1. The molecule has 2 aromatic heterocycles. The predicted molar refractivity (Wildman–Crippen MR) is 100 cm³/mol. The topological polar surface area (TPSA) is 59.2 Å². The van der Waals surface area contributed by atoms with Crippen molar-refractivity contribution in [2.45, 2.75) is 33.1 Å². The minimum atomic E-state index is 0.0435. The van der Waals surface area contributed by atoms with Gasteiger partial charge < -0.3 is 9.42 Å². The Kier molecular flexibility index (Phi) is 4.45. The number of pyridine rings is 1. The third kappa shape index (κ3) is 3.09. The molecule has 1 saturated heterocycles. The van der Waals surface area contributed by atoms with Crippen LogP contribution in [0.5, 0.6) is 0 Å². The number of carbonyl (C=O) groups is 1. The Labute approximate surface area is 153 Å². The van der Waals surface area contributed by atoms with Gasteiger partial charge in [0, 0.05) is 24.7 Å². The van der Waals surface area contributed by atoms with E-state index in [1.165, 1.54) is 10.9 Å². The maximum Gasteiger partial charge on any atom is 0.259 e. The number of benzene rings is 1. The lowest BCUT2D eigenvalue weighted by Crippen LogP contribution is -2.40. The van der Waals surface area contributed by atoms with E-state index in [1.54, 1.807) is 6.92 Å². The Morgan fingerprint density at radius 3 is 2.92 bits per heavy atom. The Hall–Kier alpha value is -2.69. The Bertz CT molecular complexity index is 923.